The lowest BCUT2D eigenvalue weighted by Gasteiger charge is -2.15. The molecule has 14 heavy (non-hydrogen) atoms. The zero-order valence-electron chi connectivity index (χ0n) is 10.2. The molecule has 0 nitrogen and oxygen atoms in total. The minimum atomic E-state index is 0.514. The molecule has 0 atom stereocenters. The van der Waals surface area contributed by atoms with Gasteiger partial charge in [-0.25, -0.2) is 0 Å². The minimum Gasteiger partial charge on any atom is -0.0795 e. The van der Waals surface area contributed by atoms with Crippen molar-refractivity contribution in [3.8, 4) is 0 Å². The van der Waals surface area contributed by atoms with Gasteiger partial charge in [0.25, 0.3) is 0 Å². The van der Waals surface area contributed by atoms with Crippen molar-refractivity contribution in [3.63, 3.8) is 0 Å². The van der Waals surface area contributed by atoms with Crippen LogP contribution in [0.15, 0.2) is 0 Å². The van der Waals surface area contributed by atoms with Crippen molar-refractivity contribution in [1.29, 1.82) is 0 Å². The molecule has 0 bridgehead atoms. The molecule has 0 aromatic heterocycles. The second-order valence-corrected chi connectivity index (χ2v) is 7.86. The fourth-order valence-electron chi connectivity index (χ4n) is 1.68. The highest BCUT2D eigenvalue weighted by Gasteiger charge is 2.10. The highest BCUT2D eigenvalue weighted by Crippen LogP contribution is 2.24. The van der Waals surface area contributed by atoms with E-state index in [0.717, 1.165) is 0 Å². The van der Waals surface area contributed by atoms with Crippen molar-refractivity contribution in [1.82, 2.24) is 0 Å². The molecule has 0 aromatic carbocycles. The molecule has 0 saturated carbocycles. The summed E-state index contributed by atoms with van der Waals surface area (Å²) in [7, 11) is 0. The van der Waals surface area contributed by atoms with Gasteiger partial charge in [0.05, 0.1) is 0 Å². The summed E-state index contributed by atoms with van der Waals surface area (Å²) in [6, 6.07) is 0. The smallest absolute Gasteiger partial charge is 0.0166 e. The molecule has 0 unspecified atom stereocenters. The molecule has 0 heterocycles. The topological polar surface area (TPSA) is 0 Å². The van der Waals surface area contributed by atoms with E-state index >= 15 is 0 Å². The Hall–Kier alpha value is 0.730. The molecule has 0 aliphatic carbocycles. The molecule has 0 fully saturated rings. The van der Waals surface area contributed by atoms with E-state index in [1.165, 1.54) is 57.8 Å². The monoisotopic (exact) mass is 310 g/mol. The molecule has 0 aliphatic heterocycles. The van der Waals surface area contributed by atoms with E-state index in [1.807, 2.05) is 0 Å². The van der Waals surface area contributed by atoms with Gasteiger partial charge in [0.2, 0.25) is 0 Å². The first-order valence-electron chi connectivity index (χ1n) is 6.25. The SMILES string of the molecule is CCCCCCCCCCC(C)(C)I. The van der Waals surface area contributed by atoms with Crippen LogP contribution in [0.5, 0.6) is 0 Å². The molecule has 0 aromatic rings. The zero-order valence-corrected chi connectivity index (χ0v) is 12.4. The van der Waals surface area contributed by atoms with Crippen LogP contribution in [0.4, 0.5) is 0 Å². The van der Waals surface area contributed by atoms with E-state index < -0.39 is 0 Å². The van der Waals surface area contributed by atoms with Gasteiger partial charge in [-0.05, 0) is 6.42 Å². The van der Waals surface area contributed by atoms with Crippen LogP contribution in [0.25, 0.3) is 0 Å². The van der Waals surface area contributed by atoms with Crippen LogP contribution in [0.1, 0.15) is 78.6 Å². The largest absolute Gasteiger partial charge is 0.0795 e. The Morgan fingerprint density at radius 2 is 1.21 bits per heavy atom. The van der Waals surface area contributed by atoms with Crippen LogP contribution in [0.3, 0.4) is 0 Å². The standard InChI is InChI=1S/C13H27I/c1-4-5-6-7-8-9-10-11-12-13(2,3)14/h4-12H2,1-3H3. The van der Waals surface area contributed by atoms with Gasteiger partial charge in [-0.1, -0.05) is 94.7 Å². The Morgan fingerprint density at radius 3 is 1.64 bits per heavy atom. The quantitative estimate of drug-likeness (QED) is 0.290. The molecule has 86 valence electrons. The summed E-state index contributed by atoms with van der Waals surface area (Å²) < 4.78 is 0.514. The highest BCUT2D eigenvalue weighted by molar-refractivity contribution is 14.1. The maximum atomic E-state index is 2.56. The van der Waals surface area contributed by atoms with Gasteiger partial charge in [0.1, 0.15) is 0 Å². The van der Waals surface area contributed by atoms with Crippen molar-refractivity contribution in [3.05, 3.63) is 0 Å². The molecule has 0 aliphatic rings. The summed E-state index contributed by atoms with van der Waals surface area (Å²) in [5.41, 5.74) is 0. The summed E-state index contributed by atoms with van der Waals surface area (Å²) in [5, 5.41) is 0. The summed E-state index contributed by atoms with van der Waals surface area (Å²) in [5.74, 6) is 0. The van der Waals surface area contributed by atoms with Gasteiger partial charge in [-0.3, -0.25) is 0 Å². The molecule has 0 amide bonds. The summed E-state index contributed by atoms with van der Waals surface area (Å²) in [6.07, 6.45) is 12.9. The first-order chi connectivity index (χ1) is 6.56. The van der Waals surface area contributed by atoms with E-state index in [-0.39, 0.29) is 0 Å². The second-order valence-electron chi connectivity index (χ2n) is 4.94. The maximum Gasteiger partial charge on any atom is 0.0166 e. The Balaban J connectivity index is 2.99. The van der Waals surface area contributed by atoms with Gasteiger partial charge < -0.3 is 0 Å². The maximum absolute atomic E-state index is 2.56. The lowest BCUT2D eigenvalue weighted by atomic mass is 10.0. The van der Waals surface area contributed by atoms with Crippen LogP contribution in [-0.4, -0.2) is 3.42 Å². The Labute approximate surface area is 104 Å². The van der Waals surface area contributed by atoms with Crippen molar-refractivity contribution in [2.24, 2.45) is 0 Å². The van der Waals surface area contributed by atoms with Crippen LogP contribution in [-0.2, 0) is 0 Å². The van der Waals surface area contributed by atoms with Crippen molar-refractivity contribution in [2.75, 3.05) is 0 Å². The normalized spacial score (nSPS) is 12.0. The number of hydrogen-bond donors (Lipinski definition) is 0. The second kappa shape index (κ2) is 8.99. The number of alkyl halides is 1. The van der Waals surface area contributed by atoms with Gasteiger partial charge in [-0.15, -0.1) is 0 Å². The van der Waals surface area contributed by atoms with Crippen LogP contribution in [0, 0.1) is 0 Å². The lowest BCUT2D eigenvalue weighted by Crippen LogP contribution is -2.07. The average molecular weight is 310 g/mol. The van der Waals surface area contributed by atoms with E-state index in [9.17, 15) is 0 Å². The third kappa shape index (κ3) is 12.7. The molecule has 0 spiro atoms. The summed E-state index contributed by atoms with van der Waals surface area (Å²) >= 11 is 2.56. The molecule has 0 rings (SSSR count). The number of unbranched alkanes of at least 4 members (excludes halogenated alkanes) is 7. The van der Waals surface area contributed by atoms with E-state index in [1.54, 1.807) is 0 Å². The van der Waals surface area contributed by atoms with Crippen LogP contribution in [0.2, 0.25) is 0 Å². The van der Waals surface area contributed by atoms with Crippen molar-refractivity contribution in [2.45, 2.75) is 82.0 Å². The van der Waals surface area contributed by atoms with Gasteiger partial charge in [-0.2, -0.15) is 0 Å². The van der Waals surface area contributed by atoms with Crippen molar-refractivity contribution >= 4 is 22.6 Å². The third-order valence-corrected chi connectivity index (χ3v) is 3.16. The zero-order chi connectivity index (χ0) is 10.9. The van der Waals surface area contributed by atoms with E-state index in [2.05, 4.69) is 43.4 Å². The van der Waals surface area contributed by atoms with Crippen molar-refractivity contribution < 1.29 is 0 Å². The molecule has 0 radical (unpaired) electrons. The fraction of sp³-hybridized carbons (Fsp3) is 1.00. The third-order valence-electron chi connectivity index (χ3n) is 2.62. The predicted molar refractivity (Wildman–Crippen MR) is 75.3 cm³/mol. The van der Waals surface area contributed by atoms with Gasteiger partial charge in [0.15, 0.2) is 0 Å². The molecule has 0 N–H and O–H groups in total. The molecular formula is C13H27I. The Bertz CT molecular complexity index is 113. The minimum absolute atomic E-state index is 0.514. The van der Waals surface area contributed by atoms with Crippen LogP contribution >= 0.6 is 22.6 Å². The number of halogens is 1. The summed E-state index contributed by atoms with van der Waals surface area (Å²) in [6.45, 7) is 6.94. The van der Waals surface area contributed by atoms with Gasteiger partial charge in [0, 0.05) is 3.42 Å². The molecule has 0 saturated heterocycles. The average Bonchev–Trinajstić information content (AvgIpc) is 2.08. The fourth-order valence-corrected chi connectivity index (χ4v) is 2.06. The number of rotatable bonds is 9. The molecule has 1 heteroatoms. The van der Waals surface area contributed by atoms with Gasteiger partial charge >= 0.3 is 0 Å². The van der Waals surface area contributed by atoms with E-state index in [4.69, 9.17) is 0 Å². The Morgan fingerprint density at radius 1 is 0.786 bits per heavy atom. The lowest BCUT2D eigenvalue weighted by molar-refractivity contribution is 0.541. The highest BCUT2D eigenvalue weighted by atomic mass is 127. The number of hydrogen-bond acceptors (Lipinski definition) is 0. The predicted octanol–water partition coefficient (Wildman–Crippen LogP) is 5.73. The first-order valence-corrected chi connectivity index (χ1v) is 7.33. The van der Waals surface area contributed by atoms with Crippen LogP contribution < -0.4 is 0 Å². The van der Waals surface area contributed by atoms with E-state index in [0.29, 0.717) is 3.42 Å². The summed E-state index contributed by atoms with van der Waals surface area (Å²) in [4.78, 5) is 0. The first kappa shape index (κ1) is 14.7. The Kier molecular flexibility index (Phi) is 9.46. The molecular weight excluding hydrogens is 283 g/mol.